The fourth-order valence-electron chi connectivity index (χ4n) is 5.20. The summed E-state index contributed by atoms with van der Waals surface area (Å²) in [6, 6.07) is 2.62. The molecular formula is C25H33F4IN5O4-. The summed E-state index contributed by atoms with van der Waals surface area (Å²) in [4.78, 5) is 18.9. The van der Waals surface area contributed by atoms with E-state index in [1.807, 2.05) is 13.8 Å². The Balaban J connectivity index is 1.32. The number of alkyl halides is 5. The van der Waals surface area contributed by atoms with E-state index >= 15 is 0 Å². The Morgan fingerprint density at radius 1 is 1.28 bits per heavy atom. The number of aliphatic hydroxyl groups excluding tert-OH is 1. The number of halogens is 5. The molecule has 2 fully saturated rings. The quantitative estimate of drug-likeness (QED) is 0.109. The zero-order valence-corrected chi connectivity index (χ0v) is 24.0. The van der Waals surface area contributed by atoms with Crippen molar-refractivity contribution in [2.45, 2.75) is 83.9 Å². The second-order valence-corrected chi connectivity index (χ2v) is 14.3. The van der Waals surface area contributed by atoms with Crippen LogP contribution in [0, 0.1) is 5.82 Å². The van der Waals surface area contributed by atoms with Crippen molar-refractivity contribution in [3.8, 4) is 17.1 Å². The molecule has 2 atom stereocenters. The number of ether oxygens (including phenoxy) is 1. The number of aromatic nitrogens is 3. The molecule has 0 bridgehead atoms. The van der Waals surface area contributed by atoms with Crippen molar-refractivity contribution >= 4 is 5.91 Å². The molecule has 4 N–H and O–H groups in total. The Morgan fingerprint density at radius 2 is 1.97 bits per heavy atom. The molecular weight excluding hydrogens is 637 g/mol. The Kier molecular flexibility index (Phi) is 8.79. The van der Waals surface area contributed by atoms with Crippen LogP contribution in [0.2, 0.25) is 0 Å². The zero-order chi connectivity index (χ0) is 28.6. The number of H-pyrrole nitrogens is 1. The number of amides is 1. The number of nitrogens with zero attached hydrogens (tertiary/aromatic N) is 3. The molecule has 3 heterocycles. The van der Waals surface area contributed by atoms with Crippen LogP contribution in [0.5, 0.6) is 5.88 Å². The molecule has 2 aromatic heterocycles. The number of likely N-dealkylation sites (tertiary alicyclic amines) is 1. The van der Waals surface area contributed by atoms with E-state index in [4.69, 9.17) is 4.74 Å². The van der Waals surface area contributed by atoms with E-state index in [1.54, 1.807) is 4.90 Å². The maximum atomic E-state index is 14.3. The van der Waals surface area contributed by atoms with E-state index in [-0.39, 0.29) is 64.4 Å². The number of nitrogens with one attached hydrogen (secondary N) is 2. The number of piperidine rings is 1. The van der Waals surface area contributed by atoms with Crippen molar-refractivity contribution < 1.29 is 58.5 Å². The van der Waals surface area contributed by atoms with Crippen LogP contribution in [-0.2, 0) is 0 Å². The van der Waals surface area contributed by atoms with Crippen molar-refractivity contribution in [1.29, 1.82) is 0 Å². The van der Waals surface area contributed by atoms with Crippen LogP contribution in [0.3, 0.4) is 0 Å². The number of aliphatic hydroxyl groups is 2. The predicted octanol–water partition coefficient (Wildman–Crippen LogP) is 0.193. The first-order valence-electron chi connectivity index (χ1n) is 12.6. The van der Waals surface area contributed by atoms with Crippen molar-refractivity contribution in [1.82, 2.24) is 25.4 Å². The van der Waals surface area contributed by atoms with Crippen molar-refractivity contribution in [3.05, 3.63) is 29.8 Å². The number of carbonyl (C=O) groups is 1. The summed E-state index contributed by atoms with van der Waals surface area (Å²) in [5.41, 5.74) is -2.55. The average molecular weight is 670 g/mol. The van der Waals surface area contributed by atoms with Gasteiger partial charge in [0.1, 0.15) is 0 Å². The molecule has 9 nitrogen and oxygen atoms in total. The van der Waals surface area contributed by atoms with Gasteiger partial charge in [-0.05, 0) is 0 Å². The van der Waals surface area contributed by atoms with Crippen LogP contribution < -0.4 is 31.3 Å². The van der Waals surface area contributed by atoms with Gasteiger partial charge >= 0.3 is 227 Å². The zero-order valence-electron chi connectivity index (χ0n) is 21.9. The molecule has 0 radical (unpaired) electrons. The van der Waals surface area contributed by atoms with Gasteiger partial charge in [-0.25, -0.2) is 0 Å². The molecule has 1 amide bonds. The third-order valence-corrected chi connectivity index (χ3v) is 10.6. The fraction of sp³-hybridized carbons (Fsp3) is 0.640. The molecule has 0 spiro atoms. The number of hydrogen-bond acceptors (Lipinski definition) is 7. The molecule has 2 aliphatic rings. The Morgan fingerprint density at radius 3 is 2.59 bits per heavy atom. The number of methoxy groups -OCH3 is 1. The maximum absolute atomic E-state index is 14.3. The monoisotopic (exact) mass is 670 g/mol. The summed E-state index contributed by atoms with van der Waals surface area (Å²) in [7, 11) is 1.42. The van der Waals surface area contributed by atoms with E-state index in [9.17, 15) is 32.6 Å². The number of rotatable bonds is 7. The first-order valence-corrected chi connectivity index (χ1v) is 15.1. The minimum absolute atomic E-state index is 0.137. The molecule has 4 rings (SSSR count). The number of pyridine rings is 1. The Hall–Kier alpha value is -2.04. The van der Waals surface area contributed by atoms with Gasteiger partial charge in [0, 0.05) is 0 Å². The van der Waals surface area contributed by atoms with E-state index < -0.39 is 48.6 Å². The van der Waals surface area contributed by atoms with Gasteiger partial charge in [0.2, 0.25) is 0 Å². The number of aromatic amines is 1. The molecule has 0 aromatic carbocycles. The summed E-state index contributed by atoms with van der Waals surface area (Å²) in [5.74, 6) is -0.644. The van der Waals surface area contributed by atoms with Gasteiger partial charge in [-0.2, -0.15) is 0 Å². The van der Waals surface area contributed by atoms with E-state index in [0.29, 0.717) is 19.4 Å². The van der Waals surface area contributed by atoms with Crippen LogP contribution in [0.4, 0.5) is 17.6 Å². The van der Waals surface area contributed by atoms with E-state index in [2.05, 4.69) is 20.5 Å². The van der Waals surface area contributed by atoms with Gasteiger partial charge in [-0.3, -0.25) is 0 Å². The molecule has 1 aliphatic heterocycles. The second-order valence-electron chi connectivity index (χ2n) is 10.7. The van der Waals surface area contributed by atoms with Crippen LogP contribution in [-0.4, -0.2) is 81.4 Å². The first kappa shape index (κ1) is 29.9. The average Bonchev–Trinajstić information content (AvgIpc) is 3.34. The Bertz CT molecular complexity index is 1170. The molecule has 39 heavy (non-hydrogen) atoms. The molecule has 14 heteroatoms. The molecule has 1 unspecified atom stereocenters. The Labute approximate surface area is 234 Å². The van der Waals surface area contributed by atoms with Gasteiger partial charge in [0.15, 0.2) is 0 Å². The van der Waals surface area contributed by atoms with Crippen LogP contribution >= 0.6 is 0 Å². The minimum atomic E-state index is -4.65. The van der Waals surface area contributed by atoms with Gasteiger partial charge in [-0.1, -0.05) is 0 Å². The summed E-state index contributed by atoms with van der Waals surface area (Å²) < 4.78 is 57.9. The van der Waals surface area contributed by atoms with Crippen LogP contribution in [0.15, 0.2) is 18.3 Å². The third-order valence-electron chi connectivity index (χ3n) is 7.50. The summed E-state index contributed by atoms with van der Waals surface area (Å²) in [5, 5.41) is 30.4. The van der Waals surface area contributed by atoms with Gasteiger partial charge < -0.3 is 0 Å². The van der Waals surface area contributed by atoms with E-state index in [1.165, 1.54) is 19.2 Å². The first-order chi connectivity index (χ1) is 18.2. The predicted molar refractivity (Wildman–Crippen MR) is 129 cm³/mol. The van der Waals surface area contributed by atoms with E-state index in [0.717, 1.165) is 6.20 Å². The standard InChI is InChI=1S/C25H33F4IN5O4/c1-23(2)12-14(30-22(37)32-15-4-7-24(38,8-5-15)25(27,28)29)6-9-35(23)21(36)19-11-18(33-34-19)16-10-20(39-3)31-13-17(16)26/h10-11,13-15,22,32,37-38H,4-9,12H2,1-3H3,(H,33,34)/q-1/t14-,15?,22?,24?/m1/s1. The van der Waals surface area contributed by atoms with Crippen LogP contribution in [0.1, 0.15) is 62.9 Å². The summed E-state index contributed by atoms with van der Waals surface area (Å²) >= 11 is -0.781. The molecule has 1 saturated carbocycles. The topological polar surface area (TPSA) is 124 Å². The molecule has 2 aromatic rings. The normalized spacial score (nSPS) is 26.4. The van der Waals surface area contributed by atoms with Gasteiger partial charge in [0.05, 0.1) is 7.11 Å². The number of carbonyl (C=O) groups excluding carboxylic acids is 1. The summed E-state index contributed by atoms with van der Waals surface area (Å²) in [6.07, 6.45) is -2.79. The third kappa shape index (κ3) is 6.65. The molecule has 218 valence electrons. The van der Waals surface area contributed by atoms with Crippen LogP contribution in [0.25, 0.3) is 11.3 Å². The van der Waals surface area contributed by atoms with Gasteiger partial charge in [0.25, 0.3) is 0 Å². The summed E-state index contributed by atoms with van der Waals surface area (Å²) in [6.45, 7) is 4.35. The van der Waals surface area contributed by atoms with Gasteiger partial charge in [-0.15, -0.1) is 0 Å². The SMILES string of the molecule is COc1cc(-c2cc(C(=O)N3CC[C@@H]([I-]C(O)NC4CCC(O)(C(F)(F)F)CC4)CC3(C)C)[nH]n2)c(F)cn1. The fourth-order valence-corrected chi connectivity index (χ4v) is 8.85. The van der Waals surface area contributed by atoms with Crippen molar-refractivity contribution in [2.75, 3.05) is 13.7 Å². The number of hydrogen-bond donors (Lipinski definition) is 4. The second kappa shape index (κ2) is 11.4. The molecule has 1 aliphatic carbocycles. The molecule has 1 saturated heterocycles. The van der Waals surface area contributed by atoms with Crippen molar-refractivity contribution in [2.24, 2.45) is 0 Å². The van der Waals surface area contributed by atoms with Crippen molar-refractivity contribution in [3.63, 3.8) is 0 Å².